The van der Waals surface area contributed by atoms with Crippen LogP contribution in [0, 0.1) is 6.92 Å². The molecule has 0 atom stereocenters. The number of sulfonamides is 1. The monoisotopic (exact) mass is 391 g/mol. The summed E-state index contributed by atoms with van der Waals surface area (Å²) in [6, 6.07) is 11.3. The molecular formula is C20H25NO5S. The summed E-state index contributed by atoms with van der Waals surface area (Å²) in [5.74, 6) is 0.0334. The lowest BCUT2D eigenvalue weighted by Gasteiger charge is -2.21. The van der Waals surface area contributed by atoms with Crippen molar-refractivity contribution in [1.29, 1.82) is 0 Å². The smallest absolute Gasteiger partial charge is 0.338 e. The van der Waals surface area contributed by atoms with Crippen molar-refractivity contribution in [3.63, 3.8) is 0 Å². The molecule has 27 heavy (non-hydrogen) atoms. The molecule has 0 saturated heterocycles. The number of ether oxygens (including phenoxy) is 2. The highest BCUT2D eigenvalue weighted by Gasteiger charge is 2.24. The minimum atomic E-state index is -3.67. The number of hydrogen-bond donors (Lipinski definition) is 0. The summed E-state index contributed by atoms with van der Waals surface area (Å²) in [6.45, 7) is 5.53. The predicted octanol–water partition coefficient (Wildman–Crippen LogP) is 3.39. The van der Waals surface area contributed by atoms with Crippen molar-refractivity contribution in [3.05, 3.63) is 59.2 Å². The molecule has 2 rings (SSSR count). The van der Waals surface area contributed by atoms with Crippen LogP contribution in [0.4, 0.5) is 0 Å². The third kappa shape index (κ3) is 4.87. The molecule has 0 bridgehead atoms. The number of aryl methyl sites for hydroxylation is 1. The van der Waals surface area contributed by atoms with Gasteiger partial charge in [0.2, 0.25) is 10.0 Å². The first-order valence-corrected chi connectivity index (χ1v) is 9.99. The van der Waals surface area contributed by atoms with E-state index in [0.29, 0.717) is 5.75 Å². The molecule has 0 aliphatic carbocycles. The van der Waals surface area contributed by atoms with Crippen LogP contribution >= 0.6 is 0 Å². The fourth-order valence-electron chi connectivity index (χ4n) is 2.47. The Morgan fingerprint density at radius 2 is 1.85 bits per heavy atom. The van der Waals surface area contributed by atoms with Crippen molar-refractivity contribution < 1.29 is 22.7 Å². The van der Waals surface area contributed by atoms with Crippen LogP contribution in [-0.2, 0) is 21.4 Å². The molecular weight excluding hydrogens is 366 g/mol. The van der Waals surface area contributed by atoms with E-state index >= 15 is 0 Å². The van der Waals surface area contributed by atoms with Gasteiger partial charge in [-0.2, -0.15) is 4.31 Å². The van der Waals surface area contributed by atoms with E-state index in [4.69, 9.17) is 9.47 Å². The third-order valence-corrected chi connectivity index (χ3v) is 6.30. The second kappa shape index (κ2) is 8.54. The van der Waals surface area contributed by atoms with Crippen LogP contribution in [0.2, 0.25) is 0 Å². The van der Waals surface area contributed by atoms with Gasteiger partial charge in [0.1, 0.15) is 12.4 Å². The SMILES string of the molecule is COc1ccc(C)cc1COC(=O)c1cccc(S(=O)(=O)N(C)C(C)C)c1. The molecule has 0 unspecified atom stereocenters. The molecule has 0 aromatic heterocycles. The maximum absolute atomic E-state index is 12.6. The Morgan fingerprint density at radius 1 is 1.15 bits per heavy atom. The van der Waals surface area contributed by atoms with Crippen molar-refractivity contribution in [2.75, 3.05) is 14.2 Å². The van der Waals surface area contributed by atoms with Gasteiger partial charge < -0.3 is 9.47 Å². The zero-order chi connectivity index (χ0) is 20.2. The van der Waals surface area contributed by atoms with Gasteiger partial charge in [-0.05, 0) is 51.1 Å². The number of carbonyl (C=O) groups excluding carboxylic acids is 1. The fourth-order valence-corrected chi connectivity index (χ4v) is 3.89. The van der Waals surface area contributed by atoms with E-state index in [9.17, 15) is 13.2 Å². The standard InChI is InChI=1S/C20H25NO5S/c1-14(2)21(4)27(23,24)18-8-6-7-16(12-18)20(22)26-13-17-11-15(3)9-10-19(17)25-5/h6-12,14H,13H2,1-5H3. The quantitative estimate of drug-likeness (QED) is 0.677. The number of methoxy groups -OCH3 is 1. The maximum atomic E-state index is 12.6. The maximum Gasteiger partial charge on any atom is 0.338 e. The molecule has 0 aliphatic rings. The molecule has 0 amide bonds. The average Bonchev–Trinajstić information content (AvgIpc) is 2.65. The average molecular weight is 391 g/mol. The summed E-state index contributed by atoms with van der Waals surface area (Å²) in [7, 11) is -0.612. The summed E-state index contributed by atoms with van der Waals surface area (Å²) in [4.78, 5) is 12.5. The highest BCUT2D eigenvalue weighted by atomic mass is 32.2. The lowest BCUT2D eigenvalue weighted by molar-refractivity contribution is 0.0470. The number of benzene rings is 2. The fraction of sp³-hybridized carbons (Fsp3) is 0.350. The molecule has 7 heteroatoms. The number of carbonyl (C=O) groups is 1. The molecule has 0 radical (unpaired) electrons. The Bertz CT molecular complexity index is 922. The van der Waals surface area contributed by atoms with Crippen LogP contribution in [0.25, 0.3) is 0 Å². The van der Waals surface area contributed by atoms with Gasteiger partial charge in [0, 0.05) is 18.7 Å². The van der Waals surface area contributed by atoms with Gasteiger partial charge in [-0.3, -0.25) is 0 Å². The second-order valence-electron chi connectivity index (χ2n) is 6.53. The lowest BCUT2D eigenvalue weighted by atomic mass is 10.1. The Labute approximate surface area is 160 Å². The summed E-state index contributed by atoms with van der Waals surface area (Å²) in [6.07, 6.45) is 0. The van der Waals surface area contributed by atoms with E-state index in [1.807, 2.05) is 25.1 Å². The van der Waals surface area contributed by atoms with Crippen LogP contribution in [-0.4, -0.2) is 38.9 Å². The predicted molar refractivity (Wildman–Crippen MR) is 103 cm³/mol. The molecule has 0 heterocycles. The number of nitrogens with zero attached hydrogens (tertiary/aromatic N) is 1. The third-order valence-electron chi connectivity index (χ3n) is 4.27. The van der Waals surface area contributed by atoms with Gasteiger partial charge in [0.15, 0.2) is 0 Å². The first-order chi connectivity index (χ1) is 12.7. The Hall–Kier alpha value is -2.38. The van der Waals surface area contributed by atoms with Crippen LogP contribution < -0.4 is 4.74 Å². The summed E-state index contributed by atoms with van der Waals surface area (Å²) < 4.78 is 37.1. The zero-order valence-electron chi connectivity index (χ0n) is 16.2. The second-order valence-corrected chi connectivity index (χ2v) is 8.53. The number of hydrogen-bond acceptors (Lipinski definition) is 5. The highest BCUT2D eigenvalue weighted by Crippen LogP contribution is 2.22. The van der Waals surface area contributed by atoms with Crippen LogP contribution in [0.3, 0.4) is 0 Å². The van der Waals surface area contributed by atoms with Gasteiger partial charge >= 0.3 is 5.97 Å². The van der Waals surface area contributed by atoms with Crippen molar-refractivity contribution >= 4 is 16.0 Å². The molecule has 2 aromatic carbocycles. The molecule has 146 valence electrons. The Morgan fingerprint density at radius 3 is 2.48 bits per heavy atom. The van der Waals surface area contributed by atoms with Crippen molar-refractivity contribution in [3.8, 4) is 5.75 Å². The van der Waals surface area contributed by atoms with E-state index < -0.39 is 16.0 Å². The summed E-state index contributed by atoms with van der Waals surface area (Å²) in [5.41, 5.74) is 1.95. The molecule has 0 aliphatic heterocycles. The summed E-state index contributed by atoms with van der Waals surface area (Å²) >= 11 is 0. The highest BCUT2D eigenvalue weighted by molar-refractivity contribution is 7.89. The van der Waals surface area contributed by atoms with Gasteiger partial charge in [0.05, 0.1) is 17.6 Å². The van der Waals surface area contributed by atoms with Crippen molar-refractivity contribution in [2.45, 2.75) is 38.3 Å². The molecule has 0 saturated carbocycles. The molecule has 0 spiro atoms. The number of rotatable bonds is 7. The topological polar surface area (TPSA) is 72.9 Å². The van der Waals surface area contributed by atoms with Gasteiger partial charge in [-0.1, -0.05) is 17.7 Å². The largest absolute Gasteiger partial charge is 0.496 e. The van der Waals surface area contributed by atoms with Crippen molar-refractivity contribution in [1.82, 2.24) is 4.31 Å². The van der Waals surface area contributed by atoms with Gasteiger partial charge in [-0.15, -0.1) is 0 Å². The lowest BCUT2D eigenvalue weighted by Crippen LogP contribution is -2.33. The first-order valence-electron chi connectivity index (χ1n) is 8.55. The normalized spacial score (nSPS) is 11.7. The van der Waals surface area contributed by atoms with E-state index in [2.05, 4.69) is 0 Å². The van der Waals surface area contributed by atoms with Gasteiger partial charge in [-0.25, -0.2) is 13.2 Å². The van der Waals surface area contributed by atoms with Crippen LogP contribution in [0.15, 0.2) is 47.4 Å². The molecule has 0 fully saturated rings. The van der Waals surface area contributed by atoms with Crippen LogP contribution in [0.1, 0.15) is 35.3 Å². The minimum absolute atomic E-state index is 0.0343. The number of esters is 1. The van der Waals surface area contributed by atoms with E-state index in [0.717, 1.165) is 11.1 Å². The molecule has 0 N–H and O–H groups in total. The Kier molecular flexibility index (Phi) is 6.62. The first kappa shape index (κ1) is 20.9. The van der Waals surface area contributed by atoms with E-state index in [1.165, 1.54) is 35.6 Å². The molecule has 6 nitrogen and oxygen atoms in total. The van der Waals surface area contributed by atoms with Crippen molar-refractivity contribution in [2.24, 2.45) is 0 Å². The van der Waals surface area contributed by atoms with E-state index in [-0.39, 0.29) is 23.1 Å². The summed E-state index contributed by atoms with van der Waals surface area (Å²) in [5, 5.41) is 0. The minimum Gasteiger partial charge on any atom is -0.496 e. The van der Waals surface area contributed by atoms with Gasteiger partial charge in [0.25, 0.3) is 0 Å². The van der Waals surface area contributed by atoms with Crippen LogP contribution in [0.5, 0.6) is 5.75 Å². The molecule has 2 aromatic rings. The Balaban J connectivity index is 2.20. The van der Waals surface area contributed by atoms with E-state index in [1.54, 1.807) is 21.0 Å². The zero-order valence-corrected chi connectivity index (χ0v) is 17.0.